The zero-order chi connectivity index (χ0) is 15.2. The van der Waals surface area contributed by atoms with Crippen LogP contribution in [0.15, 0.2) is 16.8 Å². The Morgan fingerprint density at radius 3 is 3.14 bits per heavy atom. The molecule has 0 bridgehead atoms. The number of likely N-dealkylation sites (tertiary alicyclic amines) is 1. The maximum Gasteiger partial charge on any atom is 0.234 e. The van der Waals surface area contributed by atoms with Crippen LogP contribution in [0.4, 0.5) is 5.69 Å². The zero-order valence-electron chi connectivity index (χ0n) is 13.2. The number of rotatable bonds is 3. The molecule has 4 heterocycles. The second-order valence-electron chi connectivity index (χ2n) is 7.17. The predicted molar refractivity (Wildman–Crippen MR) is 88.3 cm³/mol. The molecule has 3 fully saturated rings. The topological polar surface area (TPSA) is 32.8 Å². The molecule has 22 heavy (non-hydrogen) atoms. The summed E-state index contributed by atoms with van der Waals surface area (Å²) in [6, 6.07) is 2.06. The van der Waals surface area contributed by atoms with Crippen LogP contribution in [0.2, 0.25) is 0 Å². The molecule has 3 aliphatic heterocycles. The monoisotopic (exact) mass is 320 g/mol. The summed E-state index contributed by atoms with van der Waals surface area (Å²) in [5.41, 5.74) is 0.934. The van der Waals surface area contributed by atoms with E-state index in [4.69, 9.17) is 4.74 Å². The second-order valence-corrected chi connectivity index (χ2v) is 7.95. The van der Waals surface area contributed by atoms with E-state index in [1.165, 1.54) is 6.42 Å². The lowest BCUT2D eigenvalue weighted by Gasteiger charge is -2.27. The molecule has 3 aliphatic rings. The first-order valence-corrected chi connectivity index (χ1v) is 9.27. The third kappa shape index (κ3) is 2.30. The number of thiophene rings is 1. The molecule has 3 saturated heterocycles. The molecule has 1 aromatic heterocycles. The van der Waals surface area contributed by atoms with Gasteiger partial charge in [0.25, 0.3) is 0 Å². The van der Waals surface area contributed by atoms with Crippen LogP contribution in [0.3, 0.4) is 0 Å². The van der Waals surface area contributed by atoms with Gasteiger partial charge < -0.3 is 14.5 Å². The molecule has 5 heteroatoms. The fraction of sp³-hybridized carbons (Fsp3) is 0.706. The first kappa shape index (κ1) is 14.7. The first-order chi connectivity index (χ1) is 10.7. The first-order valence-electron chi connectivity index (χ1n) is 8.33. The van der Waals surface area contributed by atoms with Gasteiger partial charge in [-0.15, -0.1) is 0 Å². The summed E-state index contributed by atoms with van der Waals surface area (Å²) in [4.78, 5) is 17.6. The van der Waals surface area contributed by atoms with Gasteiger partial charge in [-0.05, 0) is 36.1 Å². The molecule has 0 aliphatic carbocycles. The fourth-order valence-corrected chi connectivity index (χ4v) is 5.10. The maximum atomic E-state index is 13.1. The number of carbonyl (C=O) groups is 1. The number of hydrogen-bond donors (Lipinski definition) is 0. The highest BCUT2D eigenvalue weighted by Gasteiger charge is 2.55. The summed E-state index contributed by atoms with van der Waals surface area (Å²) < 4.78 is 5.50. The van der Waals surface area contributed by atoms with Crippen LogP contribution in [0.25, 0.3) is 0 Å². The van der Waals surface area contributed by atoms with Crippen molar-refractivity contribution < 1.29 is 9.53 Å². The minimum Gasteiger partial charge on any atom is -0.381 e. The normalized spacial score (nSPS) is 36.0. The zero-order valence-corrected chi connectivity index (χ0v) is 14.0. The minimum absolute atomic E-state index is 0.151. The molecule has 4 rings (SSSR count). The van der Waals surface area contributed by atoms with Crippen LogP contribution >= 0.6 is 11.3 Å². The predicted octanol–water partition coefficient (Wildman–Crippen LogP) is 2.46. The Morgan fingerprint density at radius 1 is 1.50 bits per heavy atom. The summed E-state index contributed by atoms with van der Waals surface area (Å²) in [7, 11) is 0. The lowest BCUT2D eigenvalue weighted by molar-refractivity contribution is -0.126. The Morgan fingerprint density at radius 2 is 2.41 bits per heavy atom. The minimum atomic E-state index is -0.151. The lowest BCUT2D eigenvalue weighted by Crippen LogP contribution is -2.40. The number of amides is 1. The van der Waals surface area contributed by atoms with E-state index in [1.807, 2.05) is 4.90 Å². The van der Waals surface area contributed by atoms with Gasteiger partial charge in [-0.2, -0.15) is 11.3 Å². The van der Waals surface area contributed by atoms with Crippen LogP contribution in [-0.4, -0.2) is 50.2 Å². The fourth-order valence-electron chi connectivity index (χ4n) is 4.46. The van der Waals surface area contributed by atoms with Crippen molar-refractivity contribution in [3.63, 3.8) is 0 Å². The van der Waals surface area contributed by atoms with Crippen LogP contribution in [0.1, 0.15) is 19.8 Å². The third-order valence-electron chi connectivity index (χ3n) is 5.79. The van der Waals surface area contributed by atoms with E-state index in [1.54, 1.807) is 11.3 Å². The van der Waals surface area contributed by atoms with E-state index in [9.17, 15) is 4.79 Å². The number of hydrogen-bond acceptors (Lipinski definition) is 4. The van der Waals surface area contributed by atoms with Crippen molar-refractivity contribution in [2.45, 2.75) is 19.8 Å². The van der Waals surface area contributed by atoms with E-state index in [0.29, 0.717) is 17.7 Å². The Hall–Kier alpha value is -0.910. The molecule has 0 aromatic carbocycles. The average Bonchev–Trinajstić information content (AvgIpc) is 3.24. The average molecular weight is 320 g/mol. The summed E-state index contributed by atoms with van der Waals surface area (Å²) in [6.45, 7) is 8.03. The van der Waals surface area contributed by atoms with Crippen LogP contribution in [0.5, 0.6) is 0 Å². The second kappa shape index (κ2) is 5.62. The maximum absolute atomic E-state index is 13.1. The number of anilines is 1. The van der Waals surface area contributed by atoms with Gasteiger partial charge in [0.2, 0.25) is 5.91 Å². The quantitative estimate of drug-likeness (QED) is 0.858. The van der Waals surface area contributed by atoms with Crippen molar-refractivity contribution in [1.82, 2.24) is 4.90 Å². The Kier molecular flexibility index (Phi) is 3.75. The van der Waals surface area contributed by atoms with Gasteiger partial charge in [0.15, 0.2) is 0 Å². The largest absolute Gasteiger partial charge is 0.381 e. The molecule has 0 saturated carbocycles. The standard InChI is InChI=1S/C17H24N2O2S/c1-13-8-18(9-14-2-6-21-10-14)12-17(13)4-5-19(16(17)20)15-3-7-22-11-15/h3,7,11,13-14H,2,4-6,8-10,12H2,1H3/t13-,14-,17-/m1/s1. The highest BCUT2D eigenvalue weighted by atomic mass is 32.1. The molecule has 1 amide bonds. The van der Waals surface area contributed by atoms with E-state index < -0.39 is 0 Å². The molecular weight excluding hydrogens is 296 g/mol. The van der Waals surface area contributed by atoms with Gasteiger partial charge in [-0.25, -0.2) is 0 Å². The molecule has 4 nitrogen and oxygen atoms in total. The van der Waals surface area contributed by atoms with Gasteiger partial charge in [-0.1, -0.05) is 6.92 Å². The van der Waals surface area contributed by atoms with E-state index >= 15 is 0 Å². The van der Waals surface area contributed by atoms with Crippen LogP contribution in [0, 0.1) is 17.3 Å². The molecule has 0 N–H and O–H groups in total. The summed E-state index contributed by atoms with van der Waals surface area (Å²) in [5, 5.41) is 4.14. The molecule has 1 spiro atoms. The number of nitrogens with zero attached hydrogens (tertiary/aromatic N) is 2. The van der Waals surface area contributed by atoms with Crippen molar-refractivity contribution in [3.05, 3.63) is 16.8 Å². The van der Waals surface area contributed by atoms with Gasteiger partial charge in [0.1, 0.15) is 0 Å². The van der Waals surface area contributed by atoms with E-state index in [0.717, 1.165) is 51.5 Å². The summed E-state index contributed by atoms with van der Waals surface area (Å²) in [6.07, 6.45) is 2.17. The van der Waals surface area contributed by atoms with Crippen LogP contribution in [-0.2, 0) is 9.53 Å². The Balaban J connectivity index is 1.48. The van der Waals surface area contributed by atoms with Crippen molar-refractivity contribution in [2.24, 2.45) is 17.3 Å². The van der Waals surface area contributed by atoms with Crippen molar-refractivity contribution in [1.29, 1.82) is 0 Å². The molecule has 120 valence electrons. The van der Waals surface area contributed by atoms with Crippen molar-refractivity contribution in [2.75, 3.05) is 44.3 Å². The van der Waals surface area contributed by atoms with E-state index in [2.05, 4.69) is 28.7 Å². The number of ether oxygens (including phenoxy) is 1. The number of carbonyl (C=O) groups excluding carboxylic acids is 1. The lowest BCUT2D eigenvalue weighted by atomic mass is 9.78. The van der Waals surface area contributed by atoms with Crippen LogP contribution < -0.4 is 4.90 Å². The van der Waals surface area contributed by atoms with E-state index in [-0.39, 0.29) is 5.41 Å². The third-order valence-corrected chi connectivity index (χ3v) is 6.46. The van der Waals surface area contributed by atoms with Gasteiger partial charge in [0.05, 0.1) is 17.7 Å². The van der Waals surface area contributed by atoms with Gasteiger partial charge in [0, 0.05) is 38.2 Å². The molecular formula is C17H24N2O2S. The van der Waals surface area contributed by atoms with Crippen molar-refractivity contribution >= 4 is 22.9 Å². The smallest absolute Gasteiger partial charge is 0.234 e. The highest BCUT2D eigenvalue weighted by Crippen LogP contribution is 2.46. The molecule has 3 atom stereocenters. The Bertz CT molecular complexity index is 541. The molecule has 0 unspecified atom stereocenters. The molecule has 0 radical (unpaired) electrons. The van der Waals surface area contributed by atoms with Gasteiger partial charge >= 0.3 is 0 Å². The van der Waals surface area contributed by atoms with Gasteiger partial charge in [-0.3, -0.25) is 4.79 Å². The Labute approximate surface area is 136 Å². The SMILES string of the molecule is C[C@@H]1CN(C[C@H]2CCOC2)C[C@]12CCN(c1ccsc1)C2=O. The molecule has 1 aromatic rings. The highest BCUT2D eigenvalue weighted by molar-refractivity contribution is 7.08. The van der Waals surface area contributed by atoms with Crippen molar-refractivity contribution in [3.8, 4) is 0 Å². The summed E-state index contributed by atoms with van der Waals surface area (Å²) >= 11 is 1.66. The summed E-state index contributed by atoms with van der Waals surface area (Å²) in [5.74, 6) is 1.46.